The van der Waals surface area contributed by atoms with E-state index in [1.165, 1.54) is 0 Å². The molecule has 0 aliphatic carbocycles. The number of benzene rings is 2. The molecule has 0 radical (unpaired) electrons. The molecule has 1 unspecified atom stereocenters. The van der Waals surface area contributed by atoms with Crippen molar-refractivity contribution < 1.29 is 19.0 Å². The monoisotopic (exact) mass is 357 g/mol. The lowest BCUT2D eigenvalue weighted by molar-refractivity contribution is -0.127. The molecular formula is C21H27NO4. The number of carbonyl (C=O) groups is 1. The molecule has 0 aliphatic heterocycles. The second-order valence-corrected chi connectivity index (χ2v) is 5.95. The van der Waals surface area contributed by atoms with Crippen molar-refractivity contribution in [2.75, 3.05) is 20.8 Å². The van der Waals surface area contributed by atoms with Crippen LogP contribution in [0.15, 0.2) is 42.5 Å². The summed E-state index contributed by atoms with van der Waals surface area (Å²) in [6.07, 6.45) is 1.02. The smallest absolute Gasteiger partial charge is 0.260 e. The Hall–Kier alpha value is -2.69. The van der Waals surface area contributed by atoms with Crippen LogP contribution in [0.2, 0.25) is 0 Å². The number of nitrogens with one attached hydrogen (secondary N) is 1. The molecule has 2 aromatic rings. The van der Waals surface area contributed by atoms with Crippen molar-refractivity contribution in [2.24, 2.45) is 0 Å². The van der Waals surface area contributed by atoms with E-state index in [0.717, 1.165) is 23.3 Å². The van der Waals surface area contributed by atoms with E-state index < -0.39 is 6.10 Å². The second-order valence-electron chi connectivity index (χ2n) is 5.95. The number of para-hydroxylation sites is 1. The average Bonchev–Trinajstić information content (AvgIpc) is 2.68. The third-order valence-corrected chi connectivity index (χ3v) is 4.19. The molecule has 26 heavy (non-hydrogen) atoms. The summed E-state index contributed by atoms with van der Waals surface area (Å²) in [5.74, 6) is 2.01. The van der Waals surface area contributed by atoms with Crippen molar-refractivity contribution in [3.05, 3.63) is 53.6 Å². The Bertz CT molecular complexity index is 730. The Labute approximate surface area is 155 Å². The number of ether oxygens (including phenoxy) is 3. The van der Waals surface area contributed by atoms with Crippen LogP contribution in [0.25, 0.3) is 0 Å². The first-order chi connectivity index (χ1) is 12.6. The zero-order valence-corrected chi connectivity index (χ0v) is 15.9. The van der Waals surface area contributed by atoms with E-state index in [2.05, 4.69) is 12.2 Å². The van der Waals surface area contributed by atoms with Crippen LogP contribution in [-0.4, -0.2) is 32.8 Å². The zero-order valence-electron chi connectivity index (χ0n) is 15.9. The first-order valence-corrected chi connectivity index (χ1v) is 8.82. The topological polar surface area (TPSA) is 56.8 Å². The summed E-state index contributed by atoms with van der Waals surface area (Å²) < 4.78 is 16.3. The minimum atomic E-state index is -0.548. The van der Waals surface area contributed by atoms with Gasteiger partial charge < -0.3 is 19.5 Å². The van der Waals surface area contributed by atoms with Crippen LogP contribution >= 0.6 is 0 Å². The van der Waals surface area contributed by atoms with Gasteiger partial charge in [-0.3, -0.25) is 4.79 Å². The zero-order chi connectivity index (χ0) is 18.9. The van der Waals surface area contributed by atoms with Gasteiger partial charge in [0.2, 0.25) is 0 Å². The standard InChI is InChI=1S/C21H27NO4/c1-5-17-8-6-7-9-18(17)26-15(2)21(23)22-13-12-16-10-11-19(24-3)20(14-16)25-4/h6-11,14-15H,5,12-13H2,1-4H3,(H,22,23). The van der Waals surface area contributed by atoms with Gasteiger partial charge in [-0.05, 0) is 49.1 Å². The summed E-state index contributed by atoms with van der Waals surface area (Å²) in [4.78, 5) is 12.3. The molecule has 0 aromatic heterocycles. The summed E-state index contributed by atoms with van der Waals surface area (Å²) in [5.41, 5.74) is 2.16. The Morgan fingerprint density at radius 2 is 1.77 bits per heavy atom. The molecule has 2 aromatic carbocycles. The molecule has 5 heteroatoms. The molecule has 0 saturated heterocycles. The number of hydrogen-bond donors (Lipinski definition) is 1. The summed E-state index contributed by atoms with van der Waals surface area (Å²) in [6.45, 7) is 4.35. The molecule has 0 bridgehead atoms. The third-order valence-electron chi connectivity index (χ3n) is 4.19. The maximum atomic E-state index is 12.3. The van der Waals surface area contributed by atoms with E-state index in [-0.39, 0.29) is 5.91 Å². The van der Waals surface area contributed by atoms with Crippen LogP contribution < -0.4 is 19.5 Å². The van der Waals surface area contributed by atoms with E-state index in [9.17, 15) is 4.79 Å². The Balaban J connectivity index is 1.86. The fourth-order valence-corrected chi connectivity index (χ4v) is 2.66. The van der Waals surface area contributed by atoms with Gasteiger partial charge in [-0.25, -0.2) is 0 Å². The lowest BCUT2D eigenvalue weighted by Gasteiger charge is -2.17. The van der Waals surface area contributed by atoms with Crippen LogP contribution in [0.4, 0.5) is 0 Å². The third kappa shape index (κ3) is 5.15. The number of aryl methyl sites for hydroxylation is 1. The highest BCUT2D eigenvalue weighted by Gasteiger charge is 2.15. The molecule has 0 spiro atoms. The number of carbonyl (C=O) groups excluding carboxylic acids is 1. The minimum Gasteiger partial charge on any atom is -0.493 e. The first kappa shape index (κ1) is 19.6. The van der Waals surface area contributed by atoms with E-state index >= 15 is 0 Å². The van der Waals surface area contributed by atoms with Crippen molar-refractivity contribution in [1.29, 1.82) is 0 Å². The summed E-state index contributed by atoms with van der Waals surface area (Å²) in [7, 11) is 3.21. The van der Waals surface area contributed by atoms with Gasteiger partial charge in [0, 0.05) is 6.54 Å². The Kier molecular flexibility index (Phi) is 7.33. The van der Waals surface area contributed by atoms with E-state index in [1.807, 2.05) is 42.5 Å². The lowest BCUT2D eigenvalue weighted by atomic mass is 10.1. The van der Waals surface area contributed by atoms with Crippen molar-refractivity contribution in [2.45, 2.75) is 32.8 Å². The van der Waals surface area contributed by atoms with Crippen LogP contribution in [0.1, 0.15) is 25.0 Å². The number of methoxy groups -OCH3 is 2. The molecule has 1 N–H and O–H groups in total. The van der Waals surface area contributed by atoms with Crippen LogP contribution in [0.3, 0.4) is 0 Å². The summed E-state index contributed by atoms with van der Waals surface area (Å²) in [6, 6.07) is 13.5. The molecule has 1 amide bonds. The predicted octanol–water partition coefficient (Wildman–Crippen LogP) is 3.39. The number of hydrogen-bond acceptors (Lipinski definition) is 4. The molecule has 0 heterocycles. The summed E-state index contributed by atoms with van der Waals surface area (Å²) >= 11 is 0. The van der Waals surface area contributed by atoms with Gasteiger partial charge in [0.15, 0.2) is 17.6 Å². The number of amides is 1. The van der Waals surface area contributed by atoms with Crippen LogP contribution in [0, 0.1) is 0 Å². The average molecular weight is 357 g/mol. The van der Waals surface area contributed by atoms with Gasteiger partial charge in [0.1, 0.15) is 5.75 Å². The highest BCUT2D eigenvalue weighted by molar-refractivity contribution is 5.80. The largest absolute Gasteiger partial charge is 0.493 e. The van der Waals surface area contributed by atoms with Crippen LogP contribution in [-0.2, 0) is 17.6 Å². The van der Waals surface area contributed by atoms with E-state index in [1.54, 1.807) is 21.1 Å². The van der Waals surface area contributed by atoms with Gasteiger partial charge in [0.05, 0.1) is 14.2 Å². The Morgan fingerprint density at radius 1 is 1.04 bits per heavy atom. The van der Waals surface area contributed by atoms with Gasteiger partial charge in [-0.15, -0.1) is 0 Å². The lowest BCUT2D eigenvalue weighted by Crippen LogP contribution is -2.37. The SMILES string of the molecule is CCc1ccccc1OC(C)C(=O)NCCc1ccc(OC)c(OC)c1. The van der Waals surface area contributed by atoms with Gasteiger partial charge >= 0.3 is 0 Å². The minimum absolute atomic E-state index is 0.128. The van der Waals surface area contributed by atoms with Crippen molar-refractivity contribution >= 4 is 5.91 Å². The molecule has 0 fully saturated rings. The molecular weight excluding hydrogens is 330 g/mol. The van der Waals surface area contributed by atoms with Crippen LogP contribution in [0.5, 0.6) is 17.2 Å². The highest BCUT2D eigenvalue weighted by atomic mass is 16.5. The molecule has 0 aliphatic rings. The van der Waals surface area contributed by atoms with Crippen molar-refractivity contribution in [1.82, 2.24) is 5.32 Å². The fraction of sp³-hybridized carbons (Fsp3) is 0.381. The van der Waals surface area contributed by atoms with Gasteiger partial charge in [-0.2, -0.15) is 0 Å². The summed E-state index contributed by atoms with van der Waals surface area (Å²) in [5, 5.41) is 2.92. The normalized spacial score (nSPS) is 11.5. The molecule has 5 nitrogen and oxygen atoms in total. The highest BCUT2D eigenvalue weighted by Crippen LogP contribution is 2.27. The number of rotatable bonds is 9. The Morgan fingerprint density at radius 3 is 2.46 bits per heavy atom. The molecule has 140 valence electrons. The van der Waals surface area contributed by atoms with Crippen molar-refractivity contribution in [3.63, 3.8) is 0 Å². The van der Waals surface area contributed by atoms with Gasteiger partial charge in [0.25, 0.3) is 5.91 Å². The molecule has 1 atom stereocenters. The predicted molar refractivity (Wildman–Crippen MR) is 102 cm³/mol. The second kappa shape index (κ2) is 9.70. The van der Waals surface area contributed by atoms with Crippen molar-refractivity contribution in [3.8, 4) is 17.2 Å². The fourth-order valence-electron chi connectivity index (χ4n) is 2.66. The van der Waals surface area contributed by atoms with E-state index in [0.29, 0.717) is 24.5 Å². The van der Waals surface area contributed by atoms with Gasteiger partial charge in [-0.1, -0.05) is 31.2 Å². The first-order valence-electron chi connectivity index (χ1n) is 8.82. The maximum absolute atomic E-state index is 12.3. The quantitative estimate of drug-likeness (QED) is 0.747. The molecule has 2 rings (SSSR count). The maximum Gasteiger partial charge on any atom is 0.260 e. The van der Waals surface area contributed by atoms with E-state index in [4.69, 9.17) is 14.2 Å². The molecule has 0 saturated carbocycles.